The largest absolute Gasteiger partial charge is 0.486 e. The van der Waals surface area contributed by atoms with Gasteiger partial charge in [0.25, 0.3) is 0 Å². The third kappa shape index (κ3) is 10.5. The Morgan fingerprint density at radius 2 is 1.79 bits per heavy atom. The fourth-order valence-electron chi connectivity index (χ4n) is 1.02. The highest BCUT2D eigenvalue weighted by molar-refractivity contribution is 7.61. The summed E-state index contributed by atoms with van der Waals surface area (Å²) in [6.45, 7) is 3.19. The van der Waals surface area contributed by atoms with E-state index in [9.17, 15) is 9.13 Å². The van der Waals surface area contributed by atoms with Crippen molar-refractivity contribution in [1.29, 1.82) is 0 Å². The van der Waals surface area contributed by atoms with Crippen LogP contribution in [0, 0.1) is 5.92 Å². The van der Waals surface area contributed by atoms with E-state index in [0.717, 1.165) is 0 Å². The minimum absolute atomic E-state index is 0.0356. The molecule has 0 rings (SSSR count). The molecule has 0 fully saturated rings. The fourth-order valence-corrected chi connectivity index (χ4v) is 4.46. The summed E-state index contributed by atoms with van der Waals surface area (Å²) >= 11 is 16.8. The summed E-state index contributed by atoms with van der Waals surface area (Å²) in [5.74, 6) is -0.133. The summed E-state index contributed by atoms with van der Waals surface area (Å²) in [4.78, 5) is 17.3. The van der Waals surface area contributed by atoms with E-state index in [2.05, 4.69) is 8.83 Å². The van der Waals surface area contributed by atoms with Gasteiger partial charge in [-0.3, -0.25) is 4.52 Å². The predicted molar refractivity (Wildman–Crippen MR) is 72.4 cm³/mol. The SMILES string of the molecule is CC(C)CC(Cl)(Cl)OP(=O)(OCCCl)OP(=O)(O)O. The van der Waals surface area contributed by atoms with Crippen LogP contribution in [0.15, 0.2) is 0 Å². The van der Waals surface area contributed by atoms with E-state index in [0.29, 0.717) is 0 Å². The summed E-state index contributed by atoms with van der Waals surface area (Å²) < 4.78 is 34.0. The zero-order valence-electron chi connectivity index (χ0n) is 10.2. The highest BCUT2D eigenvalue weighted by atomic mass is 35.5. The molecule has 19 heavy (non-hydrogen) atoms. The second-order valence-electron chi connectivity index (χ2n) is 3.87. The van der Waals surface area contributed by atoms with Crippen LogP contribution >= 0.6 is 50.4 Å². The lowest BCUT2D eigenvalue weighted by Crippen LogP contribution is -2.20. The molecule has 0 radical (unpaired) electrons. The third-order valence-corrected chi connectivity index (χ3v) is 4.94. The minimum atomic E-state index is -5.12. The first-order valence-electron chi connectivity index (χ1n) is 5.05. The van der Waals surface area contributed by atoms with Crippen LogP contribution in [0.2, 0.25) is 0 Å². The molecule has 1 atom stereocenters. The lowest BCUT2D eigenvalue weighted by molar-refractivity contribution is 0.109. The maximum Gasteiger partial charge on any atom is 0.486 e. The predicted octanol–water partition coefficient (Wildman–Crippen LogP) is 3.65. The highest BCUT2D eigenvalue weighted by Gasteiger charge is 2.43. The number of rotatable bonds is 9. The van der Waals surface area contributed by atoms with Crippen molar-refractivity contribution >= 4 is 50.4 Å². The first-order chi connectivity index (χ1) is 8.39. The van der Waals surface area contributed by atoms with Gasteiger partial charge in [0.2, 0.25) is 4.52 Å². The van der Waals surface area contributed by atoms with Crippen LogP contribution < -0.4 is 0 Å². The van der Waals surface area contributed by atoms with Gasteiger partial charge >= 0.3 is 15.6 Å². The molecule has 7 nitrogen and oxygen atoms in total. The Kier molecular flexibility index (Phi) is 8.42. The van der Waals surface area contributed by atoms with Crippen LogP contribution in [-0.4, -0.2) is 26.8 Å². The molecule has 0 aromatic carbocycles. The quantitative estimate of drug-likeness (QED) is 0.465. The summed E-state index contributed by atoms with van der Waals surface area (Å²) in [6, 6.07) is 0. The summed E-state index contributed by atoms with van der Waals surface area (Å²) in [5, 5.41) is 0. The molecular weight excluding hydrogens is 364 g/mol. The number of phosphoric ester groups is 1. The van der Waals surface area contributed by atoms with Gasteiger partial charge < -0.3 is 9.79 Å². The monoisotopic (exact) mass is 378 g/mol. The summed E-state index contributed by atoms with van der Waals surface area (Å²) in [7, 11) is -9.77. The molecule has 0 bridgehead atoms. The maximum atomic E-state index is 12.0. The van der Waals surface area contributed by atoms with Gasteiger partial charge in [0.15, 0.2) is 0 Å². The van der Waals surface area contributed by atoms with E-state index in [-0.39, 0.29) is 24.8 Å². The minimum Gasteiger partial charge on any atom is -0.302 e. The molecule has 0 aromatic rings. The number of alkyl halides is 3. The van der Waals surface area contributed by atoms with Crippen molar-refractivity contribution in [3.05, 3.63) is 0 Å². The normalized spacial score (nSPS) is 16.6. The van der Waals surface area contributed by atoms with Crippen LogP contribution in [0.5, 0.6) is 0 Å². The lowest BCUT2D eigenvalue weighted by atomic mass is 10.1. The van der Waals surface area contributed by atoms with Crippen LogP contribution in [0.1, 0.15) is 20.3 Å². The van der Waals surface area contributed by atoms with Crippen LogP contribution in [0.25, 0.3) is 0 Å². The third-order valence-electron chi connectivity index (χ3n) is 1.42. The zero-order chi connectivity index (χ0) is 15.3. The molecule has 0 aliphatic heterocycles. The Morgan fingerprint density at radius 3 is 2.16 bits per heavy atom. The van der Waals surface area contributed by atoms with Crippen molar-refractivity contribution in [1.82, 2.24) is 0 Å². The van der Waals surface area contributed by atoms with Gasteiger partial charge in [0, 0.05) is 12.3 Å². The van der Waals surface area contributed by atoms with Gasteiger partial charge in [0.05, 0.1) is 6.61 Å². The Labute approximate surface area is 126 Å². The van der Waals surface area contributed by atoms with Crippen LogP contribution in [0.4, 0.5) is 0 Å². The highest BCUT2D eigenvalue weighted by Crippen LogP contribution is 2.64. The Balaban J connectivity index is 4.95. The van der Waals surface area contributed by atoms with Crippen molar-refractivity contribution in [3.8, 4) is 0 Å². The maximum absolute atomic E-state index is 12.0. The summed E-state index contributed by atoms with van der Waals surface area (Å²) in [5.41, 5.74) is 0. The van der Waals surface area contributed by atoms with Crippen molar-refractivity contribution < 1.29 is 32.3 Å². The smallest absolute Gasteiger partial charge is 0.302 e. The van der Waals surface area contributed by atoms with Crippen LogP contribution in [-0.2, 0) is 22.5 Å². The van der Waals surface area contributed by atoms with Crippen molar-refractivity contribution in [2.45, 2.75) is 24.8 Å². The second-order valence-corrected chi connectivity index (χ2v) is 8.63. The number of hydrogen-bond donors (Lipinski definition) is 2. The molecule has 116 valence electrons. The van der Waals surface area contributed by atoms with Crippen molar-refractivity contribution in [3.63, 3.8) is 0 Å². The van der Waals surface area contributed by atoms with E-state index in [1.54, 1.807) is 13.8 Å². The molecule has 0 amide bonds. The molecule has 1 unspecified atom stereocenters. The standard InChI is InChI=1S/C7H15Cl3O7P2/c1-6(2)5-7(9,10)16-19(14,15-4-3-8)17-18(11,12)13/h6H,3-5H2,1-2H3,(H2,11,12,13). The molecule has 0 aliphatic carbocycles. The Morgan fingerprint density at radius 1 is 1.26 bits per heavy atom. The molecular formula is C7H15Cl3O7P2. The molecule has 0 saturated carbocycles. The average molecular weight is 379 g/mol. The zero-order valence-corrected chi connectivity index (χ0v) is 14.2. The molecule has 0 aromatic heterocycles. The van der Waals surface area contributed by atoms with Crippen LogP contribution in [0.3, 0.4) is 0 Å². The van der Waals surface area contributed by atoms with Gasteiger partial charge in [-0.15, -0.1) is 11.6 Å². The topological polar surface area (TPSA) is 102 Å². The summed E-state index contributed by atoms with van der Waals surface area (Å²) in [6.07, 6.45) is 0.0366. The molecule has 0 saturated heterocycles. The lowest BCUT2D eigenvalue weighted by Gasteiger charge is -2.26. The average Bonchev–Trinajstić information content (AvgIpc) is 2.07. The Bertz CT molecular complexity index is 370. The van der Waals surface area contributed by atoms with Gasteiger partial charge in [0.1, 0.15) is 0 Å². The molecule has 0 spiro atoms. The van der Waals surface area contributed by atoms with Gasteiger partial charge in [-0.2, -0.15) is 4.31 Å². The van der Waals surface area contributed by atoms with E-state index >= 15 is 0 Å². The van der Waals surface area contributed by atoms with Gasteiger partial charge in [-0.1, -0.05) is 37.0 Å². The molecule has 2 N–H and O–H groups in total. The van der Waals surface area contributed by atoms with E-state index in [1.165, 1.54) is 0 Å². The van der Waals surface area contributed by atoms with Crippen molar-refractivity contribution in [2.24, 2.45) is 5.92 Å². The Hall–Kier alpha value is 1.13. The van der Waals surface area contributed by atoms with E-state index < -0.39 is 20.2 Å². The number of halogens is 3. The van der Waals surface area contributed by atoms with Crippen molar-refractivity contribution in [2.75, 3.05) is 12.5 Å². The first-order valence-corrected chi connectivity index (χ1v) is 9.33. The fraction of sp³-hybridized carbons (Fsp3) is 1.00. The number of phosphoric acid groups is 2. The van der Waals surface area contributed by atoms with Gasteiger partial charge in [-0.25, -0.2) is 13.7 Å². The molecule has 0 heterocycles. The van der Waals surface area contributed by atoms with E-state index in [4.69, 9.17) is 49.1 Å². The number of hydrogen-bond acceptors (Lipinski definition) is 5. The van der Waals surface area contributed by atoms with E-state index in [1.807, 2.05) is 0 Å². The molecule has 0 aliphatic rings. The van der Waals surface area contributed by atoms with Gasteiger partial charge in [-0.05, 0) is 5.92 Å². The first kappa shape index (κ1) is 20.1. The second kappa shape index (κ2) is 7.95. The molecule has 12 heteroatoms.